The van der Waals surface area contributed by atoms with Crippen LogP contribution in [0, 0.1) is 13.8 Å². The quantitative estimate of drug-likeness (QED) is 0.547. The summed E-state index contributed by atoms with van der Waals surface area (Å²) in [6.45, 7) is 4.34. The largest absolute Gasteiger partial charge is 0.352 e. The molecule has 5 N–H and O–H groups in total. The highest BCUT2D eigenvalue weighted by molar-refractivity contribution is 5.75. The Kier molecular flexibility index (Phi) is 6.45. The lowest BCUT2D eigenvalue weighted by molar-refractivity contribution is -0.121. The third-order valence-electron chi connectivity index (χ3n) is 3.09. The van der Waals surface area contributed by atoms with Crippen LogP contribution >= 0.6 is 0 Å². The fourth-order valence-corrected chi connectivity index (χ4v) is 2.00. The number of aromatic amines is 1. The third kappa shape index (κ3) is 6.11. The zero-order valence-corrected chi connectivity index (χ0v) is 12.4. The van der Waals surface area contributed by atoms with E-state index < -0.39 is 6.03 Å². The molecule has 1 rings (SSSR count). The Morgan fingerprint density at radius 3 is 2.57 bits per heavy atom. The Morgan fingerprint density at radius 2 is 1.95 bits per heavy atom. The highest BCUT2D eigenvalue weighted by Crippen LogP contribution is 2.03. The standard InChI is InChI=1S/C14H22N4O3/c1-9-7-10(2)18-13(20)11(9)8-17-12(19)5-3-4-6-16-14(15)21/h7H,3-6,8H2,1-2H3,(H,17,19)(H,18,20)(H3,15,16,21). The van der Waals surface area contributed by atoms with Crippen LogP contribution in [0.2, 0.25) is 0 Å². The van der Waals surface area contributed by atoms with E-state index in [0.717, 1.165) is 11.3 Å². The second-order valence-electron chi connectivity index (χ2n) is 4.97. The molecule has 0 saturated heterocycles. The molecule has 0 saturated carbocycles. The van der Waals surface area contributed by atoms with E-state index in [0.29, 0.717) is 31.4 Å². The highest BCUT2D eigenvalue weighted by Gasteiger charge is 2.07. The van der Waals surface area contributed by atoms with Crippen LogP contribution in [0.3, 0.4) is 0 Å². The zero-order chi connectivity index (χ0) is 15.8. The fourth-order valence-electron chi connectivity index (χ4n) is 2.00. The first-order chi connectivity index (χ1) is 9.90. The van der Waals surface area contributed by atoms with Gasteiger partial charge >= 0.3 is 6.03 Å². The number of nitrogens with one attached hydrogen (secondary N) is 3. The highest BCUT2D eigenvalue weighted by atomic mass is 16.2. The summed E-state index contributed by atoms with van der Waals surface area (Å²) >= 11 is 0. The minimum atomic E-state index is -0.562. The Labute approximate surface area is 123 Å². The summed E-state index contributed by atoms with van der Waals surface area (Å²) in [5.41, 5.74) is 6.99. The number of rotatable bonds is 7. The number of amides is 3. The Bertz CT molecular complexity index is 566. The average Bonchev–Trinajstić information content (AvgIpc) is 2.36. The maximum Gasteiger partial charge on any atom is 0.312 e. The summed E-state index contributed by atoms with van der Waals surface area (Å²) in [6.07, 6.45) is 1.68. The normalized spacial score (nSPS) is 10.2. The van der Waals surface area contributed by atoms with E-state index in [1.807, 2.05) is 19.9 Å². The monoisotopic (exact) mass is 294 g/mol. The first kappa shape index (κ1) is 16.7. The van der Waals surface area contributed by atoms with Crippen molar-refractivity contribution >= 4 is 11.9 Å². The number of primary amides is 1. The molecule has 0 aliphatic heterocycles. The molecule has 7 heteroatoms. The van der Waals surface area contributed by atoms with Crippen LogP contribution in [0.15, 0.2) is 10.9 Å². The molecule has 1 heterocycles. The number of hydrogen-bond donors (Lipinski definition) is 4. The van der Waals surface area contributed by atoms with Gasteiger partial charge in [0.15, 0.2) is 0 Å². The lowest BCUT2D eigenvalue weighted by Gasteiger charge is -2.08. The van der Waals surface area contributed by atoms with Gasteiger partial charge in [0, 0.05) is 30.8 Å². The summed E-state index contributed by atoms with van der Waals surface area (Å²) in [4.78, 5) is 36.6. The fraction of sp³-hybridized carbons (Fsp3) is 0.500. The lowest BCUT2D eigenvalue weighted by atomic mass is 10.1. The van der Waals surface area contributed by atoms with E-state index in [1.54, 1.807) is 0 Å². The van der Waals surface area contributed by atoms with Gasteiger partial charge in [-0.2, -0.15) is 0 Å². The average molecular weight is 294 g/mol. The van der Waals surface area contributed by atoms with Gasteiger partial charge in [-0.3, -0.25) is 9.59 Å². The van der Waals surface area contributed by atoms with Crippen molar-refractivity contribution in [2.45, 2.75) is 39.7 Å². The number of aromatic nitrogens is 1. The van der Waals surface area contributed by atoms with Crippen molar-refractivity contribution in [1.82, 2.24) is 15.6 Å². The predicted molar refractivity (Wildman–Crippen MR) is 79.8 cm³/mol. The Morgan fingerprint density at radius 1 is 1.24 bits per heavy atom. The maximum absolute atomic E-state index is 11.8. The zero-order valence-electron chi connectivity index (χ0n) is 12.4. The van der Waals surface area contributed by atoms with E-state index in [4.69, 9.17) is 5.73 Å². The number of carbonyl (C=O) groups is 2. The number of H-pyrrole nitrogens is 1. The van der Waals surface area contributed by atoms with E-state index in [1.165, 1.54) is 0 Å². The molecule has 1 aromatic rings. The van der Waals surface area contributed by atoms with Crippen molar-refractivity contribution in [2.75, 3.05) is 6.54 Å². The summed E-state index contributed by atoms with van der Waals surface area (Å²) in [6, 6.07) is 1.31. The van der Waals surface area contributed by atoms with Crippen molar-refractivity contribution in [3.8, 4) is 0 Å². The van der Waals surface area contributed by atoms with Gasteiger partial charge in [0.25, 0.3) is 5.56 Å². The number of nitrogens with two attached hydrogens (primary N) is 1. The number of hydrogen-bond acceptors (Lipinski definition) is 3. The van der Waals surface area contributed by atoms with Crippen LogP contribution in [0.5, 0.6) is 0 Å². The third-order valence-corrected chi connectivity index (χ3v) is 3.09. The summed E-state index contributed by atoms with van der Waals surface area (Å²) in [7, 11) is 0. The van der Waals surface area contributed by atoms with Gasteiger partial charge in [-0.15, -0.1) is 0 Å². The molecule has 0 aliphatic carbocycles. The second kappa shape index (κ2) is 8.08. The summed E-state index contributed by atoms with van der Waals surface area (Å²) in [5.74, 6) is -0.117. The molecule has 116 valence electrons. The van der Waals surface area contributed by atoms with Gasteiger partial charge in [0.1, 0.15) is 0 Å². The number of aryl methyl sites for hydroxylation is 2. The van der Waals surface area contributed by atoms with Crippen molar-refractivity contribution in [3.63, 3.8) is 0 Å². The molecule has 1 aromatic heterocycles. The molecule has 3 amide bonds. The molecule has 0 radical (unpaired) electrons. The van der Waals surface area contributed by atoms with Gasteiger partial charge in [-0.05, 0) is 38.3 Å². The van der Waals surface area contributed by atoms with Gasteiger partial charge in [0.05, 0.1) is 0 Å². The Balaban J connectivity index is 2.34. The van der Waals surface area contributed by atoms with E-state index in [-0.39, 0.29) is 18.0 Å². The van der Waals surface area contributed by atoms with Crippen molar-refractivity contribution < 1.29 is 9.59 Å². The predicted octanol–water partition coefficient (Wildman–Crippen LogP) is 0.447. The molecule has 0 fully saturated rings. The lowest BCUT2D eigenvalue weighted by Crippen LogP contribution is -2.30. The van der Waals surface area contributed by atoms with E-state index >= 15 is 0 Å². The molecular weight excluding hydrogens is 272 g/mol. The van der Waals surface area contributed by atoms with Crippen LogP contribution in [0.4, 0.5) is 4.79 Å². The summed E-state index contributed by atoms with van der Waals surface area (Å²) in [5, 5.41) is 5.19. The van der Waals surface area contributed by atoms with Gasteiger partial charge < -0.3 is 21.4 Å². The topological polar surface area (TPSA) is 117 Å². The van der Waals surface area contributed by atoms with Gasteiger partial charge in [-0.25, -0.2) is 4.79 Å². The van der Waals surface area contributed by atoms with Crippen LogP contribution in [-0.4, -0.2) is 23.5 Å². The Hall–Kier alpha value is -2.31. The smallest absolute Gasteiger partial charge is 0.312 e. The number of carbonyl (C=O) groups excluding carboxylic acids is 2. The molecule has 21 heavy (non-hydrogen) atoms. The van der Waals surface area contributed by atoms with E-state index in [9.17, 15) is 14.4 Å². The van der Waals surface area contributed by atoms with Crippen LogP contribution in [0.25, 0.3) is 0 Å². The SMILES string of the molecule is Cc1cc(C)c(CNC(=O)CCCCNC(N)=O)c(=O)[nH]1. The molecule has 0 unspecified atom stereocenters. The van der Waals surface area contributed by atoms with Gasteiger partial charge in [0.2, 0.25) is 5.91 Å². The number of pyridine rings is 1. The second-order valence-corrected chi connectivity index (χ2v) is 4.97. The first-order valence-corrected chi connectivity index (χ1v) is 6.89. The molecule has 0 bridgehead atoms. The van der Waals surface area contributed by atoms with Crippen molar-refractivity contribution in [3.05, 3.63) is 33.2 Å². The first-order valence-electron chi connectivity index (χ1n) is 6.89. The van der Waals surface area contributed by atoms with Crippen LogP contribution < -0.4 is 21.9 Å². The number of urea groups is 1. The molecule has 0 atom stereocenters. The molecule has 0 spiro atoms. The molecule has 7 nitrogen and oxygen atoms in total. The summed E-state index contributed by atoms with van der Waals surface area (Å²) < 4.78 is 0. The number of unbranched alkanes of at least 4 members (excludes halogenated alkanes) is 1. The van der Waals surface area contributed by atoms with E-state index in [2.05, 4.69) is 15.6 Å². The van der Waals surface area contributed by atoms with Crippen molar-refractivity contribution in [2.24, 2.45) is 5.73 Å². The molecule has 0 aromatic carbocycles. The molecule has 0 aliphatic rings. The van der Waals surface area contributed by atoms with Crippen LogP contribution in [-0.2, 0) is 11.3 Å². The maximum atomic E-state index is 11.8. The minimum Gasteiger partial charge on any atom is -0.352 e. The van der Waals surface area contributed by atoms with Crippen molar-refractivity contribution in [1.29, 1.82) is 0 Å². The van der Waals surface area contributed by atoms with Crippen LogP contribution in [0.1, 0.15) is 36.1 Å². The molecular formula is C14H22N4O3. The van der Waals surface area contributed by atoms with Gasteiger partial charge in [-0.1, -0.05) is 0 Å². The minimum absolute atomic E-state index is 0.117.